The van der Waals surface area contributed by atoms with E-state index in [1.54, 1.807) is 23.1 Å². The fraction of sp³-hybridized carbons (Fsp3) is 0.562. The summed E-state index contributed by atoms with van der Waals surface area (Å²) < 4.78 is 44.4. The SMILES string of the molecule is CS(=O)(=O)N1CCO[C@@H]2CN(C(=O)Cc3ccccc3F)C[C@@H]2C1. The lowest BCUT2D eigenvalue weighted by atomic mass is 10.1. The molecule has 8 heteroatoms. The fourth-order valence-electron chi connectivity index (χ4n) is 3.29. The molecule has 24 heavy (non-hydrogen) atoms. The zero-order valence-corrected chi connectivity index (χ0v) is 14.3. The Hall–Kier alpha value is -1.51. The Balaban J connectivity index is 1.66. The molecule has 0 radical (unpaired) electrons. The lowest BCUT2D eigenvalue weighted by Gasteiger charge is -2.21. The number of nitrogens with zero attached hydrogens (tertiary/aromatic N) is 2. The number of hydrogen-bond acceptors (Lipinski definition) is 4. The van der Waals surface area contributed by atoms with E-state index in [4.69, 9.17) is 4.74 Å². The number of halogens is 1. The highest BCUT2D eigenvalue weighted by Gasteiger charge is 2.40. The minimum atomic E-state index is -3.28. The maximum absolute atomic E-state index is 13.7. The number of rotatable bonds is 3. The largest absolute Gasteiger partial charge is 0.375 e. The molecular weight excluding hydrogens is 335 g/mol. The van der Waals surface area contributed by atoms with Crippen LogP contribution in [0.5, 0.6) is 0 Å². The molecular formula is C16H21FN2O4S. The van der Waals surface area contributed by atoms with Crippen molar-refractivity contribution in [3.8, 4) is 0 Å². The van der Waals surface area contributed by atoms with Gasteiger partial charge in [0.05, 0.1) is 25.4 Å². The van der Waals surface area contributed by atoms with Gasteiger partial charge in [0.25, 0.3) is 0 Å². The molecule has 132 valence electrons. The van der Waals surface area contributed by atoms with E-state index in [2.05, 4.69) is 0 Å². The van der Waals surface area contributed by atoms with Gasteiger partial charge in [-0.2, -0.15) is 4.31 Å². The van der Waals surface area contributed by atoms with Crippen LogP contribution in [0, 0.1) is 11.7 Å². The predicted molar refractivity (Wildman–Crippen MR) is 86.3 cm³/mol. The fourth-order valence-corrected chi connectivity index (χ4v) is 4.15. The normalized spacial score (nSPS) is 25.3. The summed E-state index contributed by atoms with van der Waals surface area (Å²) in [7, 11) is -3.28. The van der Waals surface area contributed by atoms with Gasteiger partial charge >= 0.3 is 0 Å². The highest BCUT2D eigenvalue weighted by Crippen LogP contribution is 2.25. The summed E-state index contributed by atoms with van der Waals surface area (Å²) in [5, 5.41) is 0. The van der Waals surface area contributed by atoms with Crippen LogP contribution in [-0.2, 0) is 26.0 Å². The maximum atomic E-state index is 13.7. The van der Waals surface area contributed by atoms with Crippen molar-refractivity contribution in [3.63, 3.8) is 0 Å². The van der Waals surface area contributed by atoms with Crippen molar-refractivity contribution >= 4 is 15.9 Å². The molecule has 0 unspecified atom stereocenters. The van der Waals surface area contributed by atoms with Gasteiger partial charge < -0.3 is 9.64 Å². The molecule has 6 nitrogen and oxygen atoms in total. The number of hydrogen-bond donors (Lipinski definition) is 0. The molecule has 0 N–H and O–H groups in total. The van der Waals surface area contributed by atoms with Crippen LogP contribution in [0.2, 0.25) is 0 Å². The number of carbonyl (C=O) groups excluding carboxylic acids is 1. The van der Waals surface area contributed by atoms with Crippen molar-refractivity contribution in [2.24, 2.45) is 5.92 Å². The summed E-state index contributed by atoms with van der Waals surface area (Å²) >= 11 is 0. The summed E-state index contributed by atoms with van der Waals surface area (Å²) in [5.74, 6) is -0.603. The molecule has 1 aromatic carbocycles. The minimum absolute atomic E-state index is 0.00189. The van der Waals surface area contributed by atoms with Gasteiger partial charge in [0.2, 0.25) is 15.9 Å². The van der Waals surface area contributed by atoms with Gasteiger partial charge in [0.15, 0.2) is 0 Å². The van der Waals surface area contributed by atoms with Crippen LogP contribution in [0.1, 0.15) is 5.56 Å². The first kappa shape index (κ1) is 17.3. The van der Waals surface area contributed by atoms with Crippen molar-refractivity contribution in [3.05, 3.63) is 35.6 Å². The summed E-state index contributed by atoms with van der Waals surface area (Å²) in [6.07, 6.45) is 1.02. The topological polar surface area (TPSA) is 66.9 Å². The standard InChI is InChI=1S/C16H21FN2O4S/c1-24(21,22)19-6-7-23-15-11-18(9-13(15)10-19)16(20)8-12-4-2-3-5-14(12)17/h2-5,13,15H,6-11H2,1H3/t13-,15-/m1/s1. The summed E-state index contributed by atoms with van der Waals surface area (Å²) in [5.41, 5.74) is 0.369. The zero-order chi connectivity index (χ0) is 17.3. The van der Waals surface area contributed by atoms with Gasteiger partial charge in [-0.15, -0.1) is 0 Å². The smallest absolute Gasteiger partial charge is 0.227 e. The zero-order valence-electron chi connectivity index (χ0n) is 13.5. The predicted octanol–water partition coefficient (Wildman–Crippen LogP) is 0.487. The Bertz CT molecular complexity index is 725. The Morgan fingerprint density at radius 1 is 1.29 bits per heavy atom. The molecule has 0 saturated carbocycles. The number of ether oxygens (including phenoxy) is 1. The van der Waals surface area contributed by atoms with Crippen molar-refractivity contribution in [2.75, 3.05) is 39.0 Å². The van der Waals surface area contributed by atoms with Gasteiger partial charge in [-0.25, -0.2) is 12.8 Å². The molecule has 2 atom stereocenters. The molecule has 2 heterocycles. The molecule has 2 aliphatic rings. The van der Waals surface area contributed by atoms with Gasteiger partial charge in [0, 0.05) is 32.1 Å². The van der Waals surface area contributed by atoms with Gasteiger partial charge in [-0.1, -0.05) is 18.2 Å². The molecule has 1 aromatic rings. The second-order valence-electron chi connectivity index (χ2n) is 6.36. The average Bonchev–Trinajstić information content (AvgIpc) is 2.80. The number of carbonyl (C=O) groups is 1. The van der Waals surface area contributed by atoms with Crippen LogP contribution in [-0.4, -0.2) is 68.7 Å². The first-order valence-electron chi connectivity index (χ1n) is 7.92. The van der Waals surface area contributed by atoms with Crippen molar-refractivity contribution in [1.29, 1.82) is 0 Å². The number of benzene rings is 1. The van der Waals surface area contributed by atoms with E-state index in [1.807, 2.05) is 0 Å². The van der Waals surface area contributed by atoms with E-state index >= 15 is 0 Å². The van der Waals surface area contributed by atoms with E-state index in [0.29, 0.717) is 38.3 Å². The Morgan fingerprint density at radius 2 is 2.04 bits per heavy atom. The quantitative estimate of drug-likeness (QED) is 0.790. The lowest BCUT2D eigenvalue weighted by molar-refractivity contribution is -0.130. The molecule has 1 amide bonds. The monoisotopic (exact) mass is 356 g/mol. The highest BCUT2D eigenvalue weighted by atomic mass is 32.2. The van der Waals surface area contributed by atoms with Crippen molar-refractivity contribution < 1.29 is 22.3 Å². The van der Waals surface area contributed by atoms with Crippen LogP contribution in [0.25, 0.3) is 0 Å². The first-order valence-corrected chi connectivity index (χ1v) is 9.77. The second-order valence-corrected chi connectivity index (χ2v) is 8.34. The molecule has 0 aliphatic carbocycles. The van der Waals surface area contributed by atoms with E-state index in [1.165, 1.54) is 16.6 Å². The number of fused-ring (bicyclic) bond motifs is 1. The van der Waals surface area contributed by atoms with Crippen molar-refractivity contribution in [2.45, 2.75) is 12.5 Å². The van der Waals surface area contributed by atoms with E-state index in [-0.39, 0.29) is 24.3 Å². The lowest BCUT2D eigenvalue weighted by Crippen LogP contribution is -2.37. The summed E-state index contributed by atoms with van der Waals surface area (Å²) in [6.45, 7) is 1.88. The Morgan fingerprint density at radius 3 is 2.75 bits per heavy atom. The number of sulfonamides is 1. The second kappa shape index (κ2) is 6.78. The van der Waals surface area contributed by atoms with Crippen LogP contribution >= 0.6 is 0 Å². The molecule has 2 aliphatic heterocycles. The van der Waals surface area contributed by atoms with E-state index < -0.39 is 15.8 Å². The van der Waals surface area contributed by atoms with Crippen LogP contribution in [0.4, 0.5) is 4.39 Å². The number of likely N-dealkylation sites (tertiary alicyclic amines) is 1. The summed E-state index contributed by atoms with van der Waals surface area (Å²) in [4.78, 5) is 14.1. The summed E-state index contributed by atoms with van der Waals surface area (Å²) in [6, 6.07) is 6.23. The van der Waals surface area contributed by atoms with E-state index in [9.17, 15) is 17.6 Å². The van der Waals surface area contributed by atoms with Gasteiger partial charge in [0.1, 0.15) is 5.82 Å². The highest BCUT2D eigenvalue weighted by molar-refractivity contribution is 7.88. The molecule has 2 saturated heterocycles. The molecule has 0 aromatic heterocycles. The Kier molecular flexibility index (Phi) is 4.89. The maximum Gasteiger partial charge on any atom is 0.227 e. The average molecular weight is 356 g/mol. The van der Waals surface area contributed by atoms with Crippen molar-refractivity contribution in [1.82, 2.24) is 9.21 Å². The number of amides is 1. The van der Waals surface area contributed by atoms with E-state index in [0.717, 1.165) is 0 Å². The van der Waals surface area contributed by atoms with Gasteiger partial charge in [-0.05, 0) is 11.6 Å². The molecule has 0 bridgehead atoms. The van der Waals surface area contributed by atoms with Crippen LogP contribution in [0.3, 0.4) is 0 Å². The van der Waals surface area contributed by atoms with Crippen LogP contribution in [0.15, 0.2) is 24.3 Å². The molecule has 2 fully saturated rings. The Labute approximate surface area is 141 Å². The minimum Gasteiger partial charge on any atom is -0.375 e. The third kappa shape index (κ3) is 3.76. The third-order valence-corrected chi connectivity index (χ3v) is 5.88. The molecule has 0 spiro atoms. The van der Waals surface area contributed by atoms with Crippen LogP contribution < -0.4 is 0 Å². The first-order chi connectivity index (χ1) is 11.3. The molecule has 3 rings (SSSR count). The van der Waals surface area contributed by atoms with Gasteiger partial charge in [-0.3, -0.25) is 4.79 Å². The third-order valence-electron chi connectivity index (χ3n) is 4.61.